The first-order valence-corrected chi connectivity index (χ1v) is 4.77. The predicted molar refractivity (Wildman–Crippen MR) is 41.3 cm³/mol. The fraction of sp³-hybridized carbons (Fsp3) is 0.400. The molecule has 0 aromatic carbocycles. The minimum atomic E-state index is -3.46. The molecule has 0 aromatic heterocycles. The maximum atomic E-state index is 10.6. The Bertz CT molecular complexity index is 216. The molecular weight excluding hydrogens is 188 g/mol. The molecule has 0 spiro atoms. The topological polar surface area (TPSA) is 112 Å². The number of aldehydes is 1. The Hall–Kier alpha value is -0.920. The summed E-state index contributed by atoms with van der Waals surface area (Å²) in [5, 5.41) is 6.26. The van der Waals surface area contributed by atoms with Crippen molar-refractivity contribution >= 4 is 28.6 Å². The van der Waals surface area contributed by atoms with Crippen LogP contribution in [0, 0.1) is 0 Å². The summed E-state index contributed by atoms with van der Waals surface area (Å²) in [6.45, 7) is 0. The fourth-order valence-electron chi connectivity index (χ4n) is 0.492. The molecule has 6 nitrogen and oxygen atoms in total. The number of carboxylic acids is 1. The van der Waals surface area contributed by atoms with Crippen LogP contribution in [0.25, 0.3) is 0 Å². The van der Waals surface area contributed by atoms with Crippen LogP contribution in [0.2, 0.25) is 0 Å². The molecule has 0 rings (SSSR count). The SMILES string of the molecule is CS(O)(O)[C@@H](C=O)C(=O)C(=O)O. The van der Waals surface area contributed by atoms with E-state index in [1.165, 1.54) is 0 Å². The quantitative estimate of drug-likeness (QED) is 0.320. The van der Waals surface area contributed by atoms with Crippen molar-refractivity contribution < 1.29 is 28.6 Å². The van der Waals surface area contributed by atoms with E-state index >= 15 is 0 Å². The molecule has 0 radical (unpaired) electrons. The second kappa shape index (κ2) is 3.65. The summed E-state index contributed by atoms with van der Waals surface area (Å²) in [5.41, 5.74) is 0. The van der Waals surface area contributed by atoms with Crippen molar-refractivity contribution in [1.29, 1.82) is 0 Å². The van der Waals surface area contributed by atoms with Crippen molar-refractivity contribution in [3.05, 3.63) is 0 Å². The third-order valence-corrected chi connectivity index (χ3v) is 2.36. The zero-order chi connectivity index (χ0) is 9.94. The van der Waals surface area contributed by atoms with Gasteiger partial charge in [-0.15, -0.1) is 0 Å². The molecule has 1 atom stereocenters. The molecule has 0 heterocycles. The monoisotopic (exact) mass is 196 g/mol. The maximum Gasteiger partial charge on any atom is 0.374 e. The highest BCUT2D eigenvalue weighted by molar-refractivity contribution is 8.25. The van der Waals surface area contributed by atoms with E-state index in [1.807, 2.05) is 0 Å². The average Bonchev–Trinajstić information content (AvgIpc) is 1.85. The number of carbonyl (C=O) groups is 3. The molecule has 0 aliphatic rings. The van der Waals surface area contributed by atoms with Gasteiger partial charge < -0.3 is 9.90 Å². The number of aliphatic carboxylic acids is 1. The molecule has 0 bridgehead atoms. The number of hydrogen-bond donors (Lipinski definition) is 3. The lowest BCUT2D eigenvalue weighted by atomic mass is 10.3. The van der Waals surface area contributed by atoms with Crippen LogP contribution < -0.4 is 0 Å². The summed E-state index contributed by atoms with van der Waals surface area (Å²) in [6, 6.07) is 0. The second-order valence-corrected chi connectivity index (χ2v) is 4.41. The van der Waals surface area contributed by atoms with E-state index in [1.54, 1.807) is 0 Å². The Morgan fingerprint density at radius 3 is 1.92 bits per heavy atom. The molecule has 0 aliphatic carbocycles. The molecule has 12 heavy (non-hydrogen) atoms. The molecule has 0 aliphatic heterocycles. The summed E-state index contributed by atoms with van der Waals surface area (Å²) in [7, 11) is -3.46. The van der Waals surface area contributed by atoms with Gasteiger partial charge in [-0.25, -0.2) is 4.79 Å². The van der Waals surface area contributed by atoms with Gasteiger partial charge in [-0.3, -0.25) is 13.9 Å². The molecule has 70 valence electrons. The van der Waals surface area contributed by atoms with E-state index in [9.17, 15) is 14.4 Å². The Labute approximate surface area is 69.5 Å². The summed E-state index contributed by atoms with van der Waals surface area (Å²) in [4.78, 5) is 30.7. The second-order valence-electron chi connectivity index (χ2n) is 2.12. The predicted octanol–water partition coefficient (Wildman–Crippen LogP) is -0.412. The number of carbonyl (C=O) groups excluding carboxylic acids is 2. The van der Waals surface area contributed by atoms with Crippen LogP contribution in [0.15, 0.2) is 0 Å². The van der Waals surface area contributed by atoms with Gasteiger partial charge in [0.1, 0.15) is 6.29 Å². The van der Waals surface area contributed by atoms with Crippen LogP contribution in [-0.2, 0) is 14.4 Å². The Kier molecular flexibility index (Phi) is 3.37. The first kappa shape index (κ1) is 11.1. The molecule has 0 saturated heterocycles. The van der Waals surface area contributed by atoms with Gasteiger partial charge in [0.2, 0.25) is 0 Å². The normalized spacial score (nSPS) is 14.9. The first-order chi connectivity index (χ1) is 5.30. The van der Waals surface area contributed by atoms with Gasteiger partial charge in [0.15, 0.2) is 5.25 Å². The van der Waals surface area contributed by atoms with Crippen LogP contribution in [-0.4, -0.2) is 43.8 Å². The van der Waals surface area contributed by atoms with Crippen LogP contribution in [0.5, 0.6) is 0 Å². The summed E-state index contributed by atoms with van der Waals surface area (Å²) in [6.07, 6.45) is 0.763. The lowest BCUT2D eigenvalue weighted by Gasteiger charge is -2.30. The van der Waals surface area contributed by atoms with Crippen LogP contribution in [0.1, 0.15) is 0 Å². The van der Waals surface area contributed by atoms with E-state index in [0.29, 0.717) is 0 Å². The van der Waals surface area contributed by atoms with Crippen LogP contribution in [0.4, 0.5) is 0 Å². The van der Waals surface area contributed by atoms with Gasteiger partial charge in [0.25, 0.3) is 5.78 Å². The van der Waals surface area contributed by atoms with Crippen LogP contribution >= 0.6 is 10.6 Å². The standard InChI is InChI=1S/C5H8O6S/c1-12(10,11)3(2-6)4(7)5(8)9/h2-3,10-11H,1H3,(H,8,9)/t3-/m0/s1. The molecule has 0 fully saturated rings. The van der Waals surface area contributed by atoms with Gasteiger partial charge in [-0.05, 0) is 0 Å². The first-order valence-electron chi connectivity index (χ1n) is 2.75. The minimum Gasteiger partial charge on any atom is -0.475 e. The van der Waals surface area contributed by atoms with Crippen molar-refractivity contribution in [2.75, 3.05) is 6.26 Å². The van der Waals surface area contributed by atoms with Gasteiger partial charge >= 0.3 is 5.97 Å². The third kappa shape index (κ3) is 2.61. The molecular formula is C5H8O6S. The van der Waals surface area contributed by atoms with E-state index in [2.05, 4.69) is 0 Å². The van der Waals surface area contributed by atoms with Gasteiger partial charge in [-0.2, -0.15) is 10.6 Å². The van der Waals surface area contributed by atoms with E-state index < -0.39 is 27.6 Å². The van der Waals surface area contributed by atoms with Crippen molar-refractivity contribution in [2.45, 2.75) is 5.25 Å². The van der Waals surface area contributed by atoms with Gasteiger partial charge in [0.05, 0.1) is 0 Å². The largest absolute Gasteiger partial charge is 0.475 e. The molecule has 7 heteroatoms. The number of rotatable bonds is 4. The zero-order valence-electron chi connectivity index (χ0n) is 6.13. The van der Waals surface area contributed by atoms with E-state index in [0.717, 1.165) is 6.26 Å². The summed E-state index contributed by atoms with van der Waals surface area (Å²) < 4.78 is 17.6. The Balaban J connectivity index is 4.69. The number of Topliss-reactive ketones (excluding diaryl/α,β-unsaturated/α-hetero) is 1. The van der Waals surface area contributed by atoms with Crippen molar-refractivity contribution in [1.82, 2.24) is 0 Å². The number of carboxylic acid groups (broad SMARTS) is 1. The van der Waals surface area contributed by atoms with Crippen molar-refractivity contribution in [3.63, 3.8) is 0 Å². The highest BCUT2D eigenvalue weighted by Gasteiger charge is 2.33. The van der Waals surface area contributed by atoms with Crippen molar-refractivity contribution in [2.24, 2.45) is 0 Å². The highest BCUT2D eigenvalue weighted by atomic mass is 32.3. The molecule has 0 unspecified atom stereocenters. The maximum absolute atomic E-state index is 10.6. The fourth-order valence-corrected chi connectivity index (χ4v) is 1.21. The Morgan fingerprint density at radius 2 is 1.83 bits per heavy atom. The van der Waals surface area contributed by atoms with Crippen molar-refractivity contribution in [3.8, 4) is 0 Å². The van der Waals surface area contributed by atoms with Gasteiger partial charge in [0, 0.05) is 6.26 Å². The lowest BCUT2D eigenvalue weighted by molar-refractivity contribution is -0.149. The molecule has 0 amide bonds. The zero-order valence-corrected chi connectivity index (χ0v) is 6.95. The minimum absolute atomic E-state index is 0.0776. The van der Waals surface area contributed by atoms with Gasteiger partial charge in [-0.1, -0.05) is 0 Å². The molecule has 0 saturated carbocycles. The Morgan fingerprint density at radius 1 is 1.42 bits per heavy atom. The average molecular weight is 196 g/mol. The van der Waals surface area contributed by atoms with Crippen LogP contribution in [0.3, 0.4) is 0 Å². The molecule has 0 aromatic rings. The van der Waals surface area contributed by atoms with E-state index in [-0.39, 0.29) is 6.29 Å². The van der Waals surface area contributed by atoms with E-state index in [4.69, 9.17) is 14.2 Å². The number of ketones is 1. The molecule has 3 N–H and O–H groups in total. The smallest absolute Gasteiger partial charge is 0.374 e. The summed E-state index contributed by atoms with van der Waals surface area (Å²) in [5.74, 6) is -3.36. The lowest BCUT2D eigenvalue weighted by Crippen LogP contribution is -2.33. The third-order valence-electron chi connectivity index (χ3n) is 1.07. The highest BCUT2D eigenvalue weighted by Crippen LogP contribution is 2.38. The number of hydrogen-bond acceptors (Lipinski definition) is 5. The summed E-state index contributed by atoms with van der Waals surface area (Å²) >= 11 is 0.